The molecule has 0 radical (unpaired) electrons. The molecule has 2 rings (SSSR count). The number of carboxylic acid groups (broad SMARTS) is 1. The number of rotatable bonds is 4. The van der Waals surface area contributed by atoms with Crippen molar-refractivity contribution in [3.63, 3.8) is 0 Å². The van der Waals surface area contributed by atoms with Crippen molar-refractivity contribution in [3.8, 4) is 0 Å². The SMILES string of the molecule is C[C@@]1(C(=O)O)CCN(C(=O)CCc2ccsc2)C1. The van der Waals surface area contributed by atoms with Crippen molar-refractivity contribution >= 4 is 23.2 Å². The van der Waals surface area contributed by atoms with Crippen LogP contribution >= 0.6 is 11.3 Å². The Morgan fingerprint density at radius 1 is 1.56 bits per heavy atom. The van der Waals surface area contributed by atoms with E-state index in [1.807, 2.05) is 16.8 Å². The number of aryl methyl sites for hydroxylation is 1. The van der Waals surface area contributed by atoms with Crippen LogP contribution < -0.4 is 0 Å². The highest BCUT2D eigenvalue weighted by molar-refractivity contribution is 7.07. The van der Waals surface area contributed by atoms with E-state index in [4.69, 9.17) is 5.11 Å². The van der Waals surface area contributed by atoms with E-state index in [0.717, 1.165) is 6.42 Å². The van der Waals surface area contributed by atoms with Crippen molar-refractivity contribution < 1.29 is 14.7 Å². The van der Waals surface area contributed by atoms with E-state index in [-0.39, 0.29) is 5.91 Å². The minimum atomic E-state index is -0.810. The van der Waals surface area contributed by atoms with E-state index in [2.05, 4.69) is 0 Å². The zero-order valence-corrected chi connectivity index (χ0v) is 11.2. The third-order valence-electron chi connectivity index (χ3n) is 3.55. The Morgan fingerprint density at radius 3 is 2.89 bits per heavy atom. The average Bonchev–Trinajstić information content (AvgIpc) is 2.95. The number of nitrogens with zero attached hydrogens (tertiary/aromatic N) is 1. The molecule has 1 atom stereocenters. The van der Waals surface area contributed by atoms with Gasteiger partial charge in [0.05, 0.1) is 5.41 Å². The molecule has 2 heterocycles. The maximum absolute atomic E-state index is 12.0. The molecule has 0 aliphatic carbocycles. The number of amides is 1. The molecule has 4 nitrogen and oxygen atoms in total. The van der Waals surface area contributed by atoms with Crippen LogP contribution in [0.1, 0.15) is 25.3 Å². The van der Waals surface area contributed by atoms with Crippen LogP contribution in [0.5, 0.6) is 0 Å². The van der Waals surface area contributed by atoms with Crippen LogP contribution in [-0.4, -0.2) is 35.0 Å². The van der Waals surface area contributed by atoms with Crippen molar-refractivity contribution in [1.29, 1.82) is 0 Å². The van der Waals surface area contributed by atoms with Crippen LogP contribution in [0.15, 0.2) is 16.8 Å². The van der Waals surface area contributed by atoms with Crippen LogP contribution in [0, 0.1) is 5.41 Å². The Kier molecular flexibility index (Phi) is 3.71. The molecule has 1 saturated heterocycles. The van der Waals surface area contributed by atoms with Crippen molar-refractivity contribution in [2.24, 2.45) is 5.41 Å². The number of carbonyl (C=O) groups is 2. The normalized spacial score (nSPS) is 23.3. The first-order chi connectivity index (χ1) is 8.51. The summed E-state index contributed by atoms with van der Waals surface area (Å²) in [6.07, 6.45) is 1.75. The van der Waals surface area contributed by atoms with Gasteiger partial charge >= 0.3 is 5.97 Å². The standard InChI is InChI=1S/C13H17NO3S/c1-13(12(16)17)5-6-14(9-13)11(15)3-2-10-4-7-18-8-10/h4,7-8H,2-3,5-6,9H2,1H3,(H,16,17)/t13-/m1/s1. The van der Waals surface area contributed by atoms with E-state index in [1.54, 1.807) is 23.2 Å². The quantitative estimate of drug-likeness (QED) is 0.907. The van der Waals surface area contributed by atoms with Crippen molar-refractivity contribution in [3.05, 3.63) is 22.4 Å². The fourth-order valence-electron chi connectivity index (χ4n) is 2.19. The Hall–Kier alpha value is -1.36. The number of hydrogen-bond acceptors (Lipinski definition) is 3. The number of hydrogen-bond donors (Lipinski definition) is 1. The fourth-order valence-corrected chi connectivity index (χ4v) is 2.90. The van der Waals surface area contributed by atoms with E-state index in [9.17, 15) is 9.59 Å². The summed E-state index contributed by atoms with van der Waals surface area (Å²) < 4.78 is 0. The van der Waals surface area contributed by atoms with Gasteiger partial charge < -0.3 is 10.0 Å². The average molecular weight is 267 g/mol. The van der Waals surface area contributed by atoms with Gasteiger partial charge in [0.1, 0.15) is 0 Å². The first-order valence-corrected chi connectivity index (χ1v) is 6.98. The molecule has 1 aliphatic heterocycles. The minimum absolute atomic E-state index is 0.0613. The molecular weight excluding hydrogens is 250 g/mol. The van der Waals surface area contributed by atoms with Gasteiger partial charge in [0, 0.05) is 19.5 Å². The third kappa shape index (κ3) is 2.72. The minimum Gasteiger partial charge on any atom is -0.481 e. The molecule has 1 amide bonds. The van der Waals surface area contributed by atoms with Gasteiger partial charge in [0.2, 0.25) is 5.91 Å². The fraction of sp³-hybridized carbons (Fsp3) is 0.538. The number of likely N-dealkylation sites (tertiary alicyclic amines) is 1. The Labute approximate surface area is 110 Å². The molecule has 0 bridgehead atoms. The molecule has 1 aromatic heterocycles. The first-order valence-electron chi connectivity index (χ1n) is 6.03. The molecule has 98 valence electrons. The molecule has 5 heteroatoms. The summed E-state index contributed by atoms with van der Waals surface area (Å²) in [4.78, 5) is 24.8. The maximum Gasteiger partial charge on any atom is 0.311 e. The van der Waals surface area contributed by atoms with Gasteiger partial charge in [-0.05, 0) is 42.2 Å². The predicted molar refractivity (Wildman–Crippen MR) is 69.6 cm³/mol. The molecule has 1 aromatic rings. The molecule has 0 unspecified atom stereocenters. The summed E-state index contributed by atoms with van der Waals surface area (Å²) in [6, 6.07) is 2.02. The summed E-state index contributed by atoms with van der Waals surface area (Å²) in [5.74, 6) is -0.748. The van der Waals surface area contributed by atoms with Crippen LogP contribution in [0.25, 0.3) is 0 Å². The smallest absolute Gasteiger partial charge is 0.311 e. The zero-order chi connectivity index (χ0) is 13.2. The molecule has 1 fully saturated rings. The first kappa shape index (κ1) is 13.1. The molecule has 1 N–H and O–H groups in total. The highest BCUT2D eigenvalue weighted by Crippen LogP contribution is 2.30. The van der Waals surface area contributed by atoms with Crippen molar-refractivity contribution in [2.45, 2.75) is 26.2 Å². The number of carbonyl (C=O) groups excluding carboxylic acids is 1. The van der Waals surface area contributed by atoms with Gasteiger partial charge in [-0.3, -0.25) is 9.59 Å². The molecule has 1 aliphatic rings. The number of aliphatic carboxylic acids is 1. The van der Waals surface area contributed by atoms with Crippen molar-refractivity contribution in [1.82, 2.24) is 4.90 Å². The number of carboxylic acids is 1. The van der Waals surface area contributed by atoms with Crippen LogP contribution in [0.2, 0.25) is 0 Å². The van der Waals surface area contributed by atoms with E-state index < -0.39 is 11.4 Å². The van der Waals surface area contributed by atoms with Gasteiger partial charge in [-0.1, -0.05) is 0 Å². The second-order valence-electron chi connectivity index (χ2n) is 5.06. The third-order valence-corrected chi connectivity index (χ3v) is 4.28. The highest BCUT2D eigenvalue weighted by Gasteiger charge is 2.41. The summed E-state index contributed by atoms with van der Waals surface area (Å²) in [6.45, 7) is 2.61. The number of thiophene rings is 1. The molecule has 18 heavy (non-hydrogen) atoms. The Balaban J connectivity index is 1.86. The molecule has 0 aromatic carbocycles. The highest BCUT2D eigenvalue weighted by atomic mass is 32.1. The van der Waals surface area contributed by atoms with Gasteiger partial charge in [0.25, 0.3) is 0 Å². The topological polar surface area (TPSA) is 57.6 Å². The van der Waals surface area contributed by atoms with Crippen molar-refractivity contribution in [2.75, 3.05) is 13.1 Å². The van der Waals surface area contributed by atoms with Crippen LogP contribution in [0.4, 0.5) is 0 Å². The second kappa shape index (κ2) is 5.10. The van der Waals surface area contributed by atoms with Gasteiger partial charge in [-0.15, -0.1) is 0 Å². The lowest BCUT2D eigenvalue weighted by Gasteiger charge is -2.20. The summed E-state index contributed by atoms with van der Waals surface area (Å²) >= 11 is 1.62. The monoisotopic (exact) mass is 267 g/mol. The summed E-state index contributed by atoms with van der Waals surface area (Å²) in [7, 11) is 0. The largest absolute Gasteiger partial charge is 0.481 e. The Bertz CT molecular complexity index is 443. The molecule has 0 spiro atoms. The lowest BCUT2D eigenvalue weighted by Crippen LogP contribution is -2.34. The lowest BCUT2D eigenvalue weighted by molar-refractivity contribution is -0.147. The molecule has 0 saturated carbocycles. The zero-order valence-electron chi connectivity index (χ0n) is 10.4. The van der Waals surface area contributed by atoms with E-state index >= 15 is 0 Å². The van der Waals surface area contributed by atoms with Crippen LogP contribution in [0.3, 0.4) is 0 Å². The summed E-state index contributed by atoms with van der Waals surface area (Å²) in [5.41, 5.74) is 0.409. The van der Waals surface area contributed by atoms with E-state index in [0.29, 0.717) is 25.9 Å². The van der Waals surface area contributed by atoms with Crippen LogP contribution in [-0.2, 0) is 16.0 Å². The van der Waals surface area contributed by atoms with Gasteiger partial charge in [-0.25, -0.2) is 0 Å². The Morgan fingerprint density at radius 2 is 2.33 bits per heavy atom. The second-order valence-corrected chi connectivity index (χ2v) is 5.84. The van der Waals surface area contributed by atoms with Gasteiger partial charge in [0.15, 0.2) is 0 Å². The van der Waals surface area contributed by atoms with Gasteiger partial charge in [-0.2, -0.15) is 11.3 Å². The van der Waals surface area contributed by atoms with E-state index in [1.165, 1.54) is 5.56 Å². The predicted octanol–water partition coefficient (Wildman–Crippen LogP) is 2.00. The lowest BCUT2D eigenvalue weighted by atomic mass is 9.90. The summed E-state index contributed by atoms with van der Waals surface area (Å²) in [5, 5.41) is 13.2. The maximum atomic E-state index is 12.0. The molecular formula is C13H17NO3S.